The molecule has 182 valence electrons. The fraction of sp³-hybridized carbons (Fsp3) is 0.207. The van der Waals surface area contributed by atoms with Crippen LogP contribution in [-0.2, 0) is 6.42 Å². The molecular formula is C29H28N4O2S. The van der Waals surface area contributed by atoms with Gasteiger partial charge >= 0.3 is 0 Å². The van der Waals surface area contributed by atoms with Crippen molar-refractivity contribution in [2.24, 2.45) is 0 Å². The van der Waals surface area contributed by atoms with E-state index < -0.39 is 0 Å². The summed E-state index contributed by atoms with van der Waals surface area (Å²) in [5, 5.41) is 8.46. The van der Waals surface area contributed by atoms with Crippen molar-refractivity contribution in [3.63, 3.8) is 0 Å². The van der Waals surface area contributed by atoms with Crippen LogP contribution in [-0.4, -0.2) is 21.9 Å². The van der Waals surface area contributed by atoms with Gasteiger partial charge in [0.1, 0.15) is 5.75 Å². The average Bonchev–Trinajstić information content (AvgIpc) is 3.39. The summed E-state index contributed by atoms with van der Waals surface area (Å²) in [6, 6.07) is 26.1. The fourth-order valence-corrected chi connectivity index (χ4v) is 4.82. The molecule has 0 amide bonds. The molecule has 0 bridgehead atoms. The summed E-state index contributed by atoms with van der Waals surface area (Å²) in [5.74, 6) is 1.78. The molecule has 5 rings (SSSR count). The van der Waals surface area contributed by atoms with Crippen molar-refractivity contribution in [2.45, 2.75) is 33.2 Å². The molecule has 0 saturated heterocycles. The Balaban J connectivity index is 1.60. The molecule has 4 aromatic rings. The summed E-state index contributed by atoms with van der Waals surface area (Å²) in [5.41, 5.74) is 6.00. The zero-order chi connectivity index (χ0) is 25.1. The second-order valence-corrected chi connectivity index (χ2v) is 8.92. The van der Waals surface area contributed by atoms with Gasteiger partial charge in [-0.2, -0.15) is 4.98 Å². The number of ether oxygens (including phenoxy) is 1. The Morgan fingerprint density at radius 3 is 2.50 bits per heavy atom. The summed E-state index contributed by atoms with van der Waals surface area (Å²) >= 11 is 5.86. The number of allylic oxidation sites excluding steroid dienone is 1. The van der Waals surface area contributed by atoms with Gasteiger partial charge in [-0.1, -0.05) is 54.5 Å². The lowest BCUT2D eigenvalue weighted by Gasteiger charge is -2.37. The molecule has 1 unspecified atom stereocenters. The second-order valence-electron chi connectivity index (χ2n) is 8.53. The van der Waals surface area contributed by atoms with Crippen LogP contribution >= 0.6 is 12.2 Å². The topological polar surface area (TPSA) is 63.4 Å². The van der Waals surface area contributed by atoms with Crippen molar-refractivity contribution in [1.82, 2.24) is 15.5 Å². The van der Waals surface area contributed by atoms with E-state index >= 15 is 0 Å². The van der Waals surface area contributed by atoms with Crippen LogP contribution in [0.3, 0.4) is 0 Å². The normalized spacial score (nSPS) is 15.7. The van der Waals surface area contributed by atoms with E-state index in [9.17, 15) is 0 Å². The van der Waals surface area contributed by atoms with Crippen molar-refractivity contribution in [3.8, 4) is 17.1 Å². The number of aromatic nitrogens is 2. The highest BCUT2D eigenvalue weighted by Gasteiger charge is 2.34. The number of anilines is 1. The number of nitrogens with one attached hydrogen (secondary N) is 1. The van der Waals surface area contributed by atoms with Crippen molar-refractivity contribution in [3.05, 3.63) is 102 Å². The van der Waals surface area contributed by atoms with Crippen LogP contribution in [0.5, 0.6) is 5.75 Å². The first kappa shape index (κ1) is 23.8. The molecule has 0 spiro atoms. The number of hydrogen-bond acceptors (Lipinski definition) is 5. The average molecular weight is 497 g/mol. The van der Waals surface area contributed by atoms with E-state index in [4.69, 9.17) is 26.5 Å². The van der Waals surface area contributed by atoms with E-state index in [1.54, 1.807) is 0 Å². The number of rotatable bonds is 7. The van der Waals surface area contributed by atoms with Gasteiger partial charge in [-0.3, -0.25) is 4.90 Å². The Bertz CT molecular complexity index is 1400. The van der Waals surface area contributed by atoms with Crippen LogP contribution in [0.1, 0.15) is 43.8 Å². The SMILES string of the molecule is CCOc1ccc(-c2noc(C3=C(C)N(c4cccc(CC)c4)C(=S)NC3c3ccccc3)n2)cc1. The maximum atomic E-state index is 5.86. The second kappa shape index (κ2) is 10.3. The summed E-state index contributed by atoms with van der Waals surface area (Å²) in [4.78, 5) is 6.85. The molecule has 3 aromatic carbocycles. The van der Waals surface area contributed by atoms with Crippen molar-refractivity contribution in [1.29, 1.82) is 0 Å². The smallest absolute Gasteiger partial charge is 0.258 e. The van der Waals surface area contributed by atoms with E-state index in [2.05, 4.69) is 60.7 Å². The molecule has 0 fully saturated rings. The minimum Gasteiger partial charge on any atom is -0.494 e. The molecule has 1 atom stereocenters. The highest BCUT2D eigenvalue weighted by molar-refractivity contribution is 7.80. The molecule has 1 aliphatic heterocycles. The molecule has 7 heteroatoms. The zero-order valence-corrected chi connectivity index (χ0v) is 21.4. The van der Waals surface area contributed by atoms with Gasteiger partial charge in [-0.25, -0.2) is 0 Å². The van der Waals surface area contributed by atoms with Crippen LogP contribution in [0.15, 0.2) is 89.1 Å². The Hall–Kier alpha value is -3.97. The molecule has 6 nitrogen and oxygen atoms in total. The monoisotopic (exact) mass is 496 g/mol. The van der Waals surface area contributed by atoms with Gasteiger partial charge in [0.15, 0.2) is 5.11 Å². The van der Waals surface area contributed by atoms with E-state index in [-0.39, 0.29) is 6.04 Å². The summed E-state index contributed by atoms with van der Waals surface area (Å²) in [6.45, 7) is 6.78. The van der Waals surface area contributed by atoms with Gasteiger partial charge in [0.25, 0.3) is 5.89 Å². The van der Waals surface area contributed by atoms with E-state index in [0.29, 0.717) is 23.4 Å². The third-order valence-corrected chi connectivity index (χ3v) is 6.58. The number of thiocarbonyl (C=S) groups is 1. The molecule has 1 N–H and O–H groups in total. The Morgan fingerprint density at radius 1 is 1.00 bits per heavy atom. The van der Waals surface area contributed by atoms with Gasteiger partial charge in [-0.05, 0) is 80.0 Å². The predicted molar refractivity (Wildman–Crippen MR) is 147 cm³/mol. The molecule has 1 aliphatic rings. The number of nitrogens with zero attached hydrogens (tertiary/aromatic N) is 3. The Morgan fingerprint density at radius 2 is 1.78 bits per heavy atom. The van der Waals surface area contributed by atoms with Gasteiger partial charge in [0.05, 0.1) is 18.2 Å². The minimum atomic E-state index is -0.224. The van der Waals surface area contributed by atoms with Crippen LogP contribution in [0.25, 0.3) is 17.0 Å². The first-order valence-corrected chi connectivity index (χ1v) is 12.5. The van der Waals surface area contributed by atoms with E-state index in [1.807, 2.05) is 54.3 Å². The first-order valence-electron chi connectivity index (χ1n) is 12.1. The van der Waals surface area contributed by atoms with Gasteiger partial charge in [-0.15, -0.1) is 0 Å². The van der Waals surface area contributed by atoms with Crippen LogP contribution in [0, 0.1) is 0 Å². The third-order valence-electron chi connectivity index (χ3n) is 6.27. The zero-order valence-electron chi connectivity index (χ0n) is 20.6. The molecule has 2 heterocycles. The van der Waals surface area contributed by atoms with Crippen LogP contribution in [0.4, 0.5) is 5.69 Å². The fourth-order valence-electron chi connectivity index (χ4n) is 4.46. The lowest BCUT2D eigenvalue weighted by Crippen LogP contribution is -2.46. The van der Waals surface area contributed by atoms with Gasteiger partial charge in [0.2, 0.25) is 5.82 Å². The van der Waals surface area contributed by atoms with Gasteiger partial charge in [0, 0.05) is 16.9 Å². The Kier molecular flexibility index (Phi) is 6.82. The number of benzene rings is 3. The highest BCUT2D eigenvalue weighted by Crippen LogP contribution is 2.39. The number of hydrogen-bond donors (Lipinski definition) is 1. The summed E-state index contributed by atoms with van der Waals surface area (Å²) in [6.07, 6.45) is 0.944. The quantitative estimate of drug-likeness (QED) is 0.291. The molecule has 0 aliphatic carbocycles. The lowest BCUT2D eigenvalue weighted by atomic mass is 9.94. The van der Waals surface area contributed by atoms with Crippen molar-refractivity contribution < 1.29 is 9.26 Å². The lowest BCUT2D eigenvalue weighted by molar-refractivity contribution is 0.340. The van der Waals surface area contributed by atoms with Crippen LogP contribution < -0.4 is 15.0 Å². The maximum absolute atomic E-state index is 5.86. The van der Waals surface area contributed by atoms with Crippen molar-refractivity contribution >= 4 is 28.6 Å². The third kappa shape index (κ3) is 4.62. The molecule has 1 aromatic heterocycles. The predicted octanol–water partition coefficient (Wildman–Crippen LogP) is 6.56. The Labute approximate surface area is 216 Å². The first-order chi connectivity index (χ1) is 17.6. The molecule has 0 radical (unpaired) electrons. The largest absolute Gasteiger partial charge is 0.494 e. The van der Waals surface area contributed by atoms with Gasteiger partial charge < -0.3 is 14.6 Å². The summed E-state index contributed by atoms with van der Waals surface area (Å²) < 4.78 is 11.4. The number of aryl methyl sites for hydroxylation is 1. The molecular weight excluding hydrogens is 468 g/mol. The minimum absolute atomic E-state index is 0.224. The molecule has 0 saturated carbocycles. The van der Waals surface area contributed by atoms with Crippen molar-refractivity contribution in [2.75, 3.05) is 11.5 Å². The van der Waals surface area contributed by atoms with Crippen LogP contribution in [0.2, 0.25) is 0 Å². The van der Waals surface area contributed by atoms with E-state index in [1.165, 1.54) is 5.56 Å². The molecule has 36 heavy (non-hydrogen) atoms. The summed E-state index contributed by atoms with van der Waals surface area (Å²) in [7, 11) is 0. The maximum Gasteiger partial charge on any atom is 0.258 e. The highest BCUT2D eigenvalue weighted by atomic mass is 32.1. The standard InChI is InChI=1S/C29H28N4O2S/c1-4-20-10-9-13-23(18-20)33-19(3)25(26(30-29(33)36)21-11-7-6-8-12-21)28-31-27(32-35-28)22-14-16-24(17-15-22)34-5-2/h6-18,26H,4-5H2,1-3H3,(H,30,36). The van der Waals surface area contributed by atoms with E-state index in [0.717, 1.165) is 40.3 Å².